The van der Waals surface area contributed by atoms with Crippen molar-refractivity contribution in [2.75, 3.05) is 0 Å². The minimum Gasteiger partial charge on any atom is -0.273 e. The molecule has 0 aromatic carbocycles. The average Bonchev–Trinajstić information content (AvgIpc) is 1.81. The zero-order chi connectivity index (χ0) is 8.20. The number of hydrazine groups is 1. The lowest BCUT2D eigenvalue weighted by Crippen LogP contribution is -2.26. The average molecular weight is 168 g/mol. The van der Waals surface area contributed by atoms with Crippen molar-refractivity contribution in [3.8, 4) is 0 Å². The van der Waals surface area contributed by atoms with Crippen molar-refractivity contribution in [1.82, 2.24) is 5.43 Å². The Kier molecular flexibility index (Phi) is 2.86. The van der Waals surface area contributed by atoms with Gasteiger partial charge in [-0.1, -0.05) is 5.11 Å². The van der Waals surface area contributed by atoms with E-state index in [0.717, 1.165) is 0 Å². The predicted octanol–water partition coefficient (Wildman–Crippen LogP) is -1.18. The molecule has 58 valence electrons. The largest absolute Gasteiger partial charge is 0.396 e. The normalized spacial score (nSPS) is 11.8. The lowest BCUT2D eigenvalue weighted by molar-refractivity contribution is 0.248. The quantitative estimate of drug-likeness (QED) is 0.149. The topological polar surface area (TPSA) is 134 Å². The maximum atomic E-state index is 9.99. The smallest absolute Gasteiger partial charge is 0.273 e. The number of amides is 2. The molecule has 0 rings (SSSR count). The van der Waals surface area contributed by atoms with Gasteiger partial charge in [0, 0.05) is 0 Å². The minimum atomic E-state index is -4.59. The molecule has 2 amide bonds. The zero-order valence-electron chi connectivity index (χ0n) is 4.55. The van der Waals surface area contributed by atoms with Crippen LogP contribution in [-0.2, 0) is 10.3 Å². The second-order valence-corrected chi connectivity index (χ2v) is 2.14. The third-order valence-corrected chi connectivity index (χ3v) is 0.646. The van der Waals surface area contributed by atoms with Crippen molar-refractivity contribution in [3.63, 3.8) is 0 Å². The number of nitrogens with two attached hydrogens (primary N) is 1. The highest BCUT2D eigenvalue weighted by Crippen LogP contribution is 1.85. The standard InChI is InChI=1S/CH4N4O4S/c2-3-1(6)4-5-10(7,8)9/h2H2,(H,3,6)(H,7,8,9)/b5-4+. The Morgan fingerprint density at radius 1 is 1.60 bits per heavy atom. The van der Waals surface area contributed by atoms with Crippen LogP contribution in [0.4, 0.5) is 4.79 Å². The predicted molar refractivity (Wildman–Crippen MR) is 29.1 cm³/mol. The number of hydrogen-bond donors (Lipinski definition) is 3. The Balaban J connectivity index is 4.15. The van der Waals surface area contributed by atoms with Gasteiger partial charge in [-0.15, -0.1) is 0 Å². The van der Waals surface area contributed by atoms with E-state index in [-0.39, 0.29) is 0 Å². The fourth-order valence-corrected chi connectivity index (χ4v) is 0.295. The number of hydrogen-bond acceptors (Lipinski definition) is 4. The number of rotatable bonds is 1. The van der Waals surface area contributed by atoms with E-state index >= 15 is 0 Å². The molecule has 8 nitrogen and oxygen atoms in total. The Bertz CT molecular complexity index is 240. The van der Waals surface area contributed by atoms with E-state index in [0.29, 0.717) is 0 Å². The molecule has 9 heteroatoms. The maximum absolute atomic E-state index is 9.99. The van der Waals surface area contributed by atoms with Crippen molar-refractivity contribution in [2.45, 2.75) is 0 Å². The van der Waals surface area contributed by atoms with E-state index < -0.39 is 16.3 Å². The maximum Gasteiger partial charge on any atom is 0.396 e. The lowest BCUT2D eigenvalue weighted by Gasteiger charge is -1.85. The van der Waals surface area contributed by atoms with Crippen molar-refractivity contribution in [2.24, 2.45) is 15.5 Å². The summed E-state index contributed by atoms with van der Waals surface area (Å²) in [5.74, 6) is 4.47. The SMILES string of the molecule is NNC(=O)/N=N/S(=O)(=O)O. The molecule has 0 aliphatic carbocycles. The highest BCUT2D eigenvalue weighted by Gasteiger charge is 2.00. The molecular formula is CH4N4O4S. The van der Waals surface area contributed by atoms with E-state index in [2.05, 4.69) is 15.5 Å². The van der Waals surface area contributed by atoms with Gasteiger partial charge in [-0.2, -0.15) is 8.42 Å². The number of urea groups is 1. The van der Waals surface area contributed by atoms with E-state index in [4.69, 9.17) is 4.55 Å². The summed E-state index contributed by atoms with van der Waals surface area (Å²) >= 11 is 0. The molecule has 0 bridgehead atoms. The summed E-state index contributed by atoms with van der Waals surface area (Å²) in [6.45, 7) is 0. The van der Waals surface area contributed by atoms with Gasteiger partial charge in [-0.05, 0) is 4.52 Å². The van der Waals surface area contributed by atoms with E-state index in [9.17, 15) is 13.2 Å². The number of carbonyl (C=O) groups excluding carboxylic acids is 1. The molecular weight excluding hydrogens is 164 g/mol. The van der Waals surface area contributed by atoms with Gasteiger partial charge in [0.2, 0.25) is 0 Å². The molecule has 10 heavy (non-hydrogen) atoms. The summed E-state index contributed by atoms with van der Waals surface area (Å²) in [6.07, 6.45) is 0. The summed E-state index contributed by atoms with van der Waals surface area (Å²) < 4.78 is 29.5. The van der Waals surface area contributed by atoms with Crippen LogP contribution in [0.1, 0.15) is 0 Å². The molecule has 0 saturated carbocycles. The van der Waals surface area contributed by atoms with Gasteiger partial charge in [0.25, 0.3) is 0 Å². The fourth-order valence-electron chi connectivity index (χ4n) is 0.118. The Hall–Kier alpha value is -1.06. The lowest BCUT2D eigenvalue weighted by atomic mass is 11.1. The molecule has 0 aromatic rings. The Morgan fingerprint density at radius 3 is 2.40 bits per heavy atom. The van der Waals surface area contributed by atoms with E-state index in [1.807, 2.05) is 0 Å². The van der Waals surface area contributed by atoms with Crippen LogP contribution in [0.2, 0.25) is 0 Å². The van der Waals surface area contributed by atoms with Crippen LogP contribution >= 0.6 is 0 Å². The summed E-state index contributed by atoms with van der Waals surface area (Å²) in [7, 11) is -4.59. The highest BCUT2D eigenvalue weighted by atomic mass is 32.2. The first-order valence-electron chi connectivity index (χ1n) is 1.86. The van der Waals surface area contributed by atoms with Crippen molar-refractivity contribution < 1.29 is 17.8 Å². The third kappa shape index (κ3) is 5.08. The van der Waals surface area contributed by atoms with Crippen molar-refractivity contribution in [1.29, 1.82) is 0 Å². The summed E-state index contributed by atoms with van der Waals surface area (Å²) in [5.41, 5.74) is 1.46. The summed E-state index contributed by atoms with van der Waals surface area (Å²) in [5, 5.41) is 2.43. The Morgan fingerprint density at radius 2 is 2.10 bits per heavy atom. The van der Waals surface area contributed by atoms with Gasteiger partial charge in [-0.25, -0.2) is 10.6 Å². The van der Waals surface area contributed by atoms with Gasteiger partial charge in [-0.3, -0.25) is 9.98 Å². The van der Waals surface area contributed by atoms with Crippen LogP contribution in [-0.4, -0.2) is 19.0 Å². The number of nitrogens with zero attached hydrogens (tertiary/aromatic N) is 2. The molecule has 4 N–H and O–H groups in total. The molecule has 0 heterocycles. The van der Waals surface area contributed by atoms with Gasteiger partial charge in [0.05, 0.1) is 0 Å². The molecule has 0 saturated heterocycles. The van der Waals surface area contributed by atoms with E-state index in [1.54, 1.807) is 0 Å². The molecule has 0 aromatic heterocycles. The van der Waals surface area contributed by atoms with Crippen LogP contribution in [0, 0.1) is 0 Å². The van der Waals surface area contributed by atoms with Gasteiger partial charge in [0.1, 0.15) is 0 Å². The number of nitrogens with one attached hydrogen (secondary N) is 1. The molecule has 0 aliphatic rings. The summed E-state index contributed by atoms with van der Waals surface area (Å²) in [4.78, 5) is 9.99. The molecule has 0 radical (unpaired) electrons. The molecule has 0 fully saturated rings. The first kappa shape index (κ1) is 8.94. The fraction of sp³-hybridized carbons (Fsp3) is 0. The van der Waals surface area contributed by atoms with Crippen LogP contribution in [0.15, 0.2) is 9.63 Å². The molecule has 0 aliphatic heterocycles. The van der Waals surface area contributed by atoms with Crippen LogP contribution in [0.25, 0.3) is 0 Å². The van der Waals surface area contributed by atoms with Crippen molar-refractivity contribution in [3.05, 3.63) is 0 Å². The second kappa shape index (κ2) is 3.20. The van der Waals surface area contributed by atoms with Crippen LogP contribution in [0.3, 0.4) is 0 Å². The molecule has 0 atom stereocenters. The second-order valence-electron chi connectivity index (χ2n) is 1.08. The third-order valence-electron chi connectivity index (χ3n) is 0.358. The molecule has 0 spiro atoms. The van der Waals surface area contributed by atoms with Gasteiger partial charge < -0.3 is 0 Å². The highest BCUT2D eigenvalue weighted by molar-refractivity contribution is 7.84. The van der Waals surface area contributed by atoms with Gasteiger partial charge >= 0.3 is 16.3 Å². The van der Waals surface area contributed by atoms with Crippen LogP contribution in [0.5, 0.6) is 0 Å². The van der Waals surface area contributed by atoms with Gasteiger partial charge in [0.15, 0.2) is 0 Å². The Labute approximate surface area is 56.0 Å². The van der Waals surface area contributed by atoms with E-state index in [1.165, 1.54) is 5.43 Å². The summed E-state index contributed by atoms with van der Waals surface area (Å²) in [6, 6.07) is -1.17. The monoisotopic (exact) mass is 168 g/mol. The first-order valence-corrected chi connectivity index (χ1v) is 3.26. The zero-order valence-corrected chi connectivity index (χ0v) is 5.37. The van der Waals surface area contributed by atoms with Crippen molar-refractivity contribution >= 4 is 16.3 Å². The minimum absolute atomic E-state index is 1.17. The molecule has 0 unspecified atom stereocenters. The van der Waals surface area contributed by atoms with Crippen LogP contribution < -0.4 is 11.3 Å². The number of carbonyl (C=O) groups is 1. The first-order chi connectivity index (χ1) is 4.45.